The average molecular weight is 322 g/mol. The third kappa shape index (κ3) is 2.53. The van der Waals surface area contributed by atoms with Crippen LogP contribution in [0.4, 0.5) is 20.3 Å². The first-order chi connectivity index (χ1) is 10.6. The van der Waals surface area contributed by atoms with Crippen molar-refractivity contribution in [1.82, 2.24) is 9.97 Å². The highest BCUT2D eigenvalue weighted by molar-refractivity contribution is 6.32. The number of fused-ring (bicyclic) bond motifs is 1. The summed E-state index contributed by atoms with van der Waals surface area (Å²) in [5, 5.41) is 2.27. The quantitative estimate of drug-likeness (QED) is 0.730. The maximum atomic E-state index is 14.2. The van der Waals surface area contributed by atoms with E-state index in [1.54, 1.807) is 12.1 Å². The van der Waals surface area contributed by atoms with Gasteiger partial charge in [0.15, 0.2) is 11.6 Å². The summed E-state index contributed by atoms with van der Waals surface area (Å²) in [6.45, 7) is 0. The third-order valence-electron chi connectivity index (χ3n) is 3.03. The molecule has 1 aromatic heterocycles. The predicted octanol–water partition coefficient (Wildman–Crippen LogP) is 4.31. The van der Waals surface area contributed by atoms with Crippen molar-refractivity contribution >= 4 is 34.1 Å². The standard InChI is InChI=1S/C15H10ClF2N3O/c1-22-15-13(16)8(17)6-11(14(15)18)21-12-7-19-9-4-2-3-5-10(9)20-12/h2-7H,1H3,(H,20,21). The summed E-state index contributed by atoms with van der Waals surface area (Å²) in [7, 11) is 1.21. The van der Waals surface area contributed by atoms with Crippen molar-refractivity contribution in [3.63, 3.8) is 0 Å². The van der Waals surface area contributed by atoms with Crippen LogP contribution in [0.3, 0.4) is 0 Å². The second-order valence-corrected chi connectivity index (χ2v) is 4.81. The summed E-state index contributed by atoms with van der Waals surface area (Å²) >= 11 is 5.66. The number of hydrogen-bond donors (Lipinski definition) is 1. The Morgan fingerprint density at radius 3 is 2.64 bits per heavy atom. The average Bonchev–Trinajstić information content (AvgIpc) is 2.53. The molecule has 0 fully saturated rings. The Kier molecular flexibility index (Phi) is 3.77. The molecule has 0 aliphatic rings. The highest BCUT2D eigenvalue weighted by Crippen LogP contribution is 2.35. The number of ether oxygens (including phenoxy) is 1. The van der Waals surface area contributed by atoms with Gasteiger partial charge >= 0.3 is 0 Å². The van der Waals surface area contributed by atoms with Crippen LogP contribution in [0.15, 0.2) is 36.5 Å². The van der Waals surface area contributed by atoms with Gasteiger partial charge in [0.25, 0.3) is 0 Å². The fourth-order valence-electron chi connectivity index (χ4n) is 2.01. The van der Waals surface area contributed by atoms with Gasteiger partial charge in [-0.05, 0) is 12.1 Å². The molecular formula is C15H10ClF2N3O. The maximum Gasteiger partial charge on any atom is 0.190 e. The molecule has 0 spiro atoms. The van der Waals surface area contributed by atoms with E-state index in [2.05, 4.69) is 15.3 Å². The van der Waals surface area contributed by atoms with Gasteiger partial charge in [-0.1, -0.05) is 23.7 Å². The molecule has 0 saturated carbocycles. The van der Waals surface area contributed by atoms with Crippen molar-refractivity contribution < 1.29 is 13.5 Å². The van der Waals surface area contributed by atoms with Crippen LogP contribution in [0.5, 0.6) is 5.75 Å². The van der Waals surface area contributed by atoms with Crippen molar-refractivity contribution in [3.8, 4) is 5.75 Å². The molecule has 0 radical (unpaired) electrons. The number of para-hydroxylation sites is 2. The van der Waals surface area contributed by atoms with E-state index >= 15 is 0 Å². The summed E-state index contributed by atoms with van der Waals surface area (Å²) in [6, 6.07) is 8.16. The van der Waals surface area contributed by atoms with E-state index < -0.39 is 16.7 Å². The van der Waals surface area contributed by atoms with Gasteiger partial charge in [-0.25, -0.2) is 13.8 Å². The van der Waals surface area contributed by atoms with E-state index in [1.807, 2.05) is 12.1 Å². The number of nitrogens with one attached hydrogen (secondary N) is 1. The molecule has 1 heterocycles. The summed E-state index contributed by atoms with van der Waals surface area (Å²) < 4.78 is 32.7. The molecule has 3 rings (SSSR count). The van der Waals surface area contributed by atoms with Gasteiger partial charge in [-0.15, -0.1) is 0 Å². The van der Waals surface area contributed by atoms with Gasteiger partial charge < -0.3 is 10.1 Å². The number of anilines is 2. The van der Waals surface area contributed by atoms with E-state index in [4.69, 9.17) is 16.3 Å². The van der Waals surface area contributed by atoms with Crippen LogP contribution < -0.4 is 10.1 Å². The van der Waals surface area contributed by atoms with Gasteiger partial charge in [0.1, 0.15) is 16.7 Å². The molecule has 22 heavy (non-hydrogen) atoms. The molecule has 3 aromatic rings. The number of nitrogens with zero attached hydrogens (tertiary/aromatic N) is 2. The topological polar surface area (TPSA) is 47.0 Å². The van der Waals surface area contributed by atoms with Crippen molar-refractivity contribution in [1.29, 1.82) is 0 Å². The van der Waals surface area contributed by atoms with Crippen LogP contribution in [0, 0.1) is 11.6 Å². The lowest BCUT2D eigenvalue weighted by atomic mass is 10.2. The number of halogens is 3. The Bertz CT molecular complexity index is 858. The van der Waals surface area contributed by atoms with Crippen LogP contribution in [0.25, 0.3) is 11.0 Å². The minimum Gasteiger partial charge on any atom is -0.492 e. The van der Waals surface area contributed by atoms with Crippen LogP contribution in [-0.2, 0) is 0 Å². The normalized spacial score (nSPS) is 10.7. The predicted molar refractivity (Wildman–Crippen MR) is 80.7 cm³/mol. The Morgan fingerprint density at radius 1 is 1.18 bits per heavy atom. The van der Waals surface area contributed by atoms with Crippen molar-refractivity contribution in [2.45, 2.75) is 0 Å². The molecule has 4 nitrogen and oxygen atoms in total. The monoisotopic (exact) mass is 321 g/mol. The molecule has 112 valence electrons. The molecule has 0 atom stereocenters. The van der Waals surface area contributed by atoms with Crippen LogP contribution in [0.2, 0.25) is 5.02 Å². The lowest BCUT2D eigenvalue weighted by Gasteiger charge is -2.12. The lowest BCUT2D eigenvalue weighted by molar-refractivity contribution is 0.384. The lowest BCUT2D eigenvalue weighted by Crippen LogP contribution is -2.01. The van der Waals surface area contributed by atoms with E-state index in [0.29, 0.717) is 11.0 Å². The van der Waals surface area contributed by atoms with Gasteiger partial charge in [0, 0.05) is 6.07 Å². The number of methoxy groups -OCH3 is 1. The largest absolute Gasteiger partial charge is 0.492 e. The first-order valence-corrected chi connectivity index (χ1v) is 6.68. The highest BCUT2D eigenvalue weighted by Gasteiger charge is 2.18. The van der Waals surface area contributed by atoms with Crippen molar-refractivity contribution in [3.05, 3.63) is 53.2 Å². The summed E-state index contributed by atoms with van der Waals surface area (Å²) in [5.41, 5.74) is 1.20. The Balaban J connectivity index is 2.03. The van der Waals surface area contributed by atoms with Gasteiger partial charge in [0.05, 0.1) is 30.0 Å². The molecule has 0 amide bonds. The summed E-state index contributed by atoms with van der Waals surface area (Å²) in [5.74, 6) is -1.68. The fourth-order valence-corrected chi connectivity index (χ4v) is 2.22. The van der Waals surface area contributed by atoms with Crippen molar-refractivity contribution in [2.75, 3.05) is 12.4 Å². The van der Waals surface area contributed by atoms with Crippen molar-refractivity contribution in [2.24, 2.45) is 0 Å². The zero-order valence-electron chi connectivity index (χ0n) is 11.4. The van der Waals surface area contributed by atoms with Gasteiger partial charge in [0.2, 0.25) is 0 Å². The summed E-state index contributed by atoms with van der Waals surface area (Å²) in [6.07, 6.45) is 1.43. The molecule has 7 heteroatoms. The molecule has 1 N–H and O–H groups in total. The number of hydrogen-bond acceptors (Lipinski definition) is 4. The molecule has 0 saturated heterocycles. The van der Waals surface area contributed by atoms with E-state index in [9.17, 15) is 8.78 Å². The van der Waals surface area contributed by atoms with Crippen LogP contribution >= 0.6 is 11.6 Å². The van der Waals surface area contributed by atoms with E-state index in [1.165, 1.54) is 13.3 Å². The molecule has 0 bridgehead atoms. The smallest absolute Gasteiger partial charge is 0.190 e. The van der Waals surface area contributed by atoms with Crippen LogP contribution in [0.1, 0.15) is 0 Å². The van der Waals surface area contributed by atoms with Crippen LogP contribution in [-0.4, -0.2) is 17.1 Å². The molecule has 0 aliphatic heterocycles. The van der Waals surface area contributed by atoms with E-state index in [0.717, 1.165) is 6.07 Å². The number of benzene rings is 2. The second kappa shape index (κ2) is 5.73. The zero-order chi connectivity index (χ0) is 15.7. The Morgan fingerprint density at radius 2 is 1.91 bits per heavy atom. The van der Waals surface area contributed by atoms with E-state index in [-0.39, 0.29) is 17.3 Å². The molecule has 0 aliphatic carbocycles. The minimum atomic E-state index is -0.802. The zero-order valence-corrected chi connectivity index (χ0v) is 12.2. The highest BCUT2D eigenvalue weighted by atomic mass is 35.5. The number of rotatable bonds is 3. The molecule has 2 aromatic carbocycles. The number of aromatic nitrogens is 2. The van der Waals surface area contributed by atoms with Gasteiger partial charge in [-0.2, -0.15) is 0 Å². The molecule has 0 unspecified atom stereocenters. The first-order valence-electron chi connectivity index (χ1n) is 6.30. The summed E-state index contributed by atoms with van der Waals surface area (Å²) in [4.78, 5) is 8.47. The second-order valence-electron chi connectivity index (χ2n) is 4.44. The van der Waals surface area contributed by atoms with Gasteiger partial charge in [-0.3, -0.25) is 4.98 Å². The fraction of sp³-hybridized carbons (Fsp3) is 0.0667. The third-order valence-corrected chi connectivity index (χ3v) is 3.38. The minimum absolute atomic E-state index is 0.136. The Hall–Kier alpha value is -2.47. The SMILES string of the molecule is COc1c(F)c(Nc2cnc3ccccc3n2)cc(F)c1Cl. The Labute approximate surface area is 129 Å². The molecular weight excluding hydrogens is 312 g/mol. The maximum absolute atomic E-state index is 14.2. The first kappa shape index (κ1) is 14.5.